The Labute approximate surface area is 89.9 Å². The third-order valence-corrected chi connectivity index (χ3v) is 2.13. The highest BCUT2D eigenvalue weighted by atomic mass is 16.1. The van der Waals surface area contributed by atoms with Crippen LogP contribution in [-0.4, -0.2) is 24.4 Å². The molecule has 0 atom stereocenters. The zero-order chi connectivity index (χ0) is 11.1. The van der Waals surface area contributed by atoms with Gasteiger partial charge in [0.25, 0.3) is 0 Å². The number of ketones is 1. The van der Waals surface area contributed by atoms with Gasteiger partial charge in [-0.15, -0.1) is 0 Å². The summed E-state index contributed by atoms with van der Waals surface area (Å²) < 4.78 is 0. The van der Waals surface area contributed by atoms with E-state index in [1.54, 1.807) is 12.3 Å². The van der Waals surface area contributed by atoms with E-state index in [0.717, 1.165) is 18.5 Å². The monoisotopic (exact) mass is 207 g/mol. The van der Waals surface area contributed by atoms with Crippen molar-refractivity contribution in [3.05, 3.63) is 23.9 Å². The van der Waals surface area contributed by atoms with Crippen LogP contribution in [0.25, 0.3) is 0 Å². The highest BCUT2D eigenvalue weighted by molar-refractivity contribution is 5.80. The number of carbonyl (C=O) groups is 1. The molecule has 0 aliphatic carbocycles. The van der Waals surface area contributed by atoms with Crippen molar-refractivity contribution in [1.82, 2.24) is 10.3 Å². The summed E-state index contributed by atoms with van der Waals surface area (Å²) >= 11 is 0. The number of Topliss-reactive ketones (excluding diaryl/α,β-unsaturated/α-hetero) is 1. The largest absolute Gasteiger partial charge is 0.384 e. The number of nitrogens with one attached hydrogen (secondary N) is 1. The lowest BCUT2D eigenvalue weighted by molar-refractivity contribution is -0.118. The third-order valence-electron chi connectivity index (χ3n) is 2.13. The fraction of sp³-hybridized carbons (Fsp3) is 0.455. The zero-order valence-electron chi connectivity index (χ0n) is 8.99. The molecule has 0 bridgehead atoms. The molecule has 82 valence electrons. The van der Waals surface area contributed by atoms with Crippen LogP contribution in [0.15, 0.2) is 18.3 Å². The first-order chi connectivity index (χ1) is 7.22. The summed E-state index contributed by atoms with van der Waals surface area (Å²) in [4.78, 5) is 15.4. The summed E-state index contributed by atoms with van der Waals surface area (Å²) in [6, 6.07) is 3.57. The van der Waals surface area contributed by atoms with E-state index in [-0.39, 0.29) is 5.78 Å². The summed E-state index contributed by atoms with van der Waals surface area (Å²) in [7, 11) is 1.88. The van der Waals surface area contributed by atoms with E-state index < -0.39 is 0 Å². The quantitative estimate of drug-likeness (QED) is 0.676. The van der Waals surface area contributed by atoms with Gasteiger partial charge in [0, 0.05) is 19.0 Å². The summed E-state index contributed by atoms with van der Waals surface area (Å²) in [6.07, 6.45) is 3.58. The lowest BCUT2D eigenvalue weighted by Gasteiger charge is -2.02. The number of hydrogen-bond acceptors (Lipinski definition) is 4. The standard InChI is InChI=1S/C11H17N3O/c1-13-5-2-3-10(15)7-9-4-6-14-11(12)8-9/h4,6,8,13H,2-3,5,7H2,1H3,(H2,12,14). The van der Waals surface area contributed by atoms with Crippen molar-refractivity contribution < 1.29 is 4.79 Å². The van der Waals surface area contributed by atoms with Gasteiger partial charge in [0.05, 0.1) is 0 Å². The molecule has 1 rings (SSSR count). The van der Waals surface area contributed by atoms with Crippen molar-refractivity contribution in [3.8, 4) is 0 Å². The number of aromatic nitrogens is 1. The molecule has 15 heavy (non-hydrogen) atoms. The fourth-order valence-corrected chi connectivity index (χ4v) is 1.38. The molecular formula is C11H17N3O. The number of hydrogen-bond donors (Lipinski definition) is 2. The van der Waals surface area contributed by atoms with E-state index in [4.69, 9.17) is 5.73 Å². The lowest BCUT2D eigenvalue weighted by Crippen LogP contribution is -2.11. The smallest absolute Gasteiger partial charge is 0.137 e. The van der Waals surface area contributed by atoms with E-state index in [0.29, 0.717) is 18.7 Å². The SMILES string of the molecule is CNCCCC(=O)Cc1ccnc(N)c1. The van der Waals surface area contributed by atoms with Gasteiger partial charge in [-0.1, -0.05) is 0 Å². The van der Waals surface area contributed by atoms with Gasteiger partial charge in [0.1, 0.15) is 11.6 Å². The first-order valence-corrected chi connectivity index (χ1v) is 5.09. The molecule has 0 saturated carbocycles. The Morgan fingerprint density at radius 1 is 1.60 bits per heavy atom. The molecule has 1 aromatic heterocycles. The number of anilines is 1. The molecule has 1 heterocycles. The van der Waals surface area contributed by atoms with E-state index in [2.05, 4.69) is 10.3 Å². The minimum atomic E-state index is 0.246. The van der Waals surface area contributed by atoms with Crippen LogP contribution in [0, 0.1) is 0 Å². The molecule has 0 fully saturated rings. The fourth-order valence-electron chi connectivity index (χ4n) is 1.38. The Bertz CT molecular complexity index is 325. The zero-order valence-corrected chi connectivity index (χ0v) is 8.99. The van der Waals surface area contributed by atoms with Gasteiger partial charge in [-0.2, -0.15) is 0 Å². The number of rotatable bonds is 6. The van der Waals surface area contributed by atoms with E-state index in [1.165, 1.54) is 0 Å². The van der Waals surface area contributed by atoms with E-state index in [1.807, 2.05) is 13.1 Å². The summed E-state index contributed by atoms with van der Waals surface area (Å²) in [5, 5.41) is 3.01. The molecular weight excluding hydrogens is 190 g/mol. The topological polar surface area (TPSA) is 68.0 Å². The lowest BCUT2D eigenvalue weighted by atomic mass is 10.1. The predicted molar refractivity (Wildman–Crippen MR) is 60.5 cm³/mol. The van der Waals surface area contributed by atoms with Gasteiger partial charge < -0.3 is 11.1 Å². The Balaban J connectivity index is 2.37. The van der Waals surface area contributed by atoms with Crippen molar-refractivity contribution >= 4 is 11.6 Å². The van der Waals surface area contributed by atoms with Gasteiger partial charge in [-0.25, -0.2) is 4.98 Å². The van der Waals surface area contributed by atoms with Gasteiger partial charge in [0.2, 0.25) is 0 Å². The molecule has 0 radical (unpaired) electrons. The van der Waals surface area contributed by atoms with Crippen molar-refractivity contribution in [3.63, 3.8) is 0 Å². The second-order valence-electron chi connectivity index (χ2n) is 3.51. The summed E-state index contributed by atoms with van der Waals surface area (Å²) in [6.45, 7) is 0.879. The molecule has 4 heteroatoms. The number of nitrogen functional groups attached to an aromatic ring is 1. The van der Waals surface area contributed by atoms with Gasteiger partial charge >= 0.3 is 0 Å². The van der Waals surface area contributed by atoms with Crippen LogP contribution >= 0.6 is 0 Å². The molecule has 0 unspecified atom stereocenters. The molecule has 0 saturated heterocycles. The molecule has 0 spiro atoms. The maximum absolute atomic E-state index is 11.5. The summed E-state index contributed by atoms with van der Waals surface area (Å²) in [5.41, 5.74) is 6.47. The molecule has 0 aliphatic heterocycles. The first kappa shape index (κ1) is 11.7. The Kier molecular flexibility index (Phi) is 4.77. The van der Waals surface area contributed by atoms with Gasteiger partial charge in [-0.05, 0) is 37.7 Å². The number of carbonyl (C=O) groups excluding carboxylic acids is 1. The number of nitrogens with zero attached hydrogens (tertiary/aromatic N) is 1. The van der Waals surface area contributed by atoms with Crippen LogP contribution in [0.1, 0.15) is 18.4 Å². The minimum absolute atomic E-state index is 0.246. The second-order valence-corrected chi connectivity index (χ2v) is 3.51. The highest BCUT2D eigenvalue weighted by Crippen LogP contribution is 2.06. The Hall–Kier alpha value is -1.42. The van der Waals surface area contributed by atoms with Crippen LogP contribution in [0.2, 0.25) is 0 Å². The van der Waals surface area contributed by atoms with Crippen LogP contribution in [0.5, 0.6) is 0 Å². The number of pyridine rings is 1. The van der Waals surface area contributed by atoms with Crippen molar-refractivity contribution in [1.29, 1.82) is 0 Å². The molecule has 0 amide bonds. The molecule has 3 N–H and O–H groups in total. The second kappa shape index (κ2) is 6.14. The molecule has 0 aliphatic rings. The van der Waals surface area contributed by atoms with Crippen molar-refractivity contribution in [2.45, 2.75) is 19.3 Å². The minimum Gasteiger partial charge on any atom is -0.384 e. The molecule has 4 nitrogen and oxygen atoms in total. The van der Waals surface area contributed by atoms with Crippen LogP contribution in [-0.2, 0) is 11.2 Å². The summed E-state index contributed by atoms with van der Waals surface area (Å²) in [5.74, 6) is 0.714. The Morgan fingerprint density at radius 3 is 3.07 bits per heavy atom. The van der Waals surface area contributed by atoms with Gasteiger partial charge in [-0.3, -0.25) is 4.79 Å². The van der Waals surface area contributed by atoms with Crippen molar-refractivity contribution in [2.75, 3.05) is 19.3 Å². The van der Waals surface area contributed by atoms with E-state index in [9.17, 15) is 4.79 Å². The average Bonchev–Trinajstić information content (AvgIpc) is 2.18. The normalized spacial score (nSPS) is 10.2. The average molecular weight is 207 g/mol. The van der Waals surface area contributed by atoms with Crippen LogP contribution < -0.4 is 11.1 Å². The number of nitrogens with two attached hydrogens (primary N) is 1. The molecule has 0 aromatic carbocycles. The predicted octanol–water partition coefficient (Wildman–Crippen LogP) is 0.775. The third kappa shape index (κ3) is 4.56. The first-order valence-electron chi connectivity index (χ1n) is 5.09. The van der Waals surface area contributed by atoms with Crippen molar-refractivity contribution in [2.24, 2.45) is 0 Å². The van der Waals surface area contributed by atoms with Crippen LogP contribution in [0.3, 0.4) is 0 Å². The maximum Gasteiger partial charge on any atom is 0.137 e. The highest BCUT2D eigenvalue weighted by Gasteiger charge is 2.03. The van der Waals surface area contributed by atoms with Gasteiger partial charge in [0.15, 0.2) is 0 Å². The van der Waals surface area contributed by atoms with E-state index >= 15 is 0 Å². The maximum atomic E-state index is 11.5. The molecule has 1 aromatic rings. The van der Waals surface area contributed by atoms with Crippen LogP contribution in [0.4, 0.5) is 5.82 Å². The Morgan fingerprint density at radius 2 is 2.40 bits per heavy atom.